The SMILES string of the molecule is CCOC(=O)c1c(C)oc(NC(=O)CSc2nnnn2-c2cccc(F)c2)c1C(N)=O. The molecule has 0 radical (unpaired) electrons. The molecule has 31 heavy (non-hydrogen) atoms. The van der Waals surface area contributed by atoms with E-state index in [1.807, 2.05) is 0 Å². The van der Waals surface area contributed by atoms with E-state index in [9.17, 15) is 18.8 Å². The Morgan fingerprint density at radius 1 is 1.32 bits per heavy atom. The number of nitrogens with zero attached hydrogens (tertiary/aromatic N) is 4. The van der Waals surface area contributed by atoms with Crippen LogP contribution in [0.15, 0.2) is 33.8 Å². The van der Waals surface area contributed by atoms with Gasteiger partial charge in [0.25, 0.3) is 5.91 Å². The highest BCUT2D eigenvalue weighted by molar-refractivity contribution is 7.99. The second kappa shape index (κ2) is 9.38. The molecule has 162 valence electrons. The molecular formula is C18H17FN6O5S. The molecule has 3 N–H and O–H groups in total. The molecule has 0 spiro atoms. The quantitative estimate of drug-likeness (QED) is 0.387. The third-order valence-electron chi connectivity index (χ3n) is 3.89. The first-order valence-corrected chi connectivity index (χ1v) is 9.87. The van der Waals surface area contributed by atoms with Crippen LogP contribution in [0.4, 0.5) is 10.3 Å². The Hall–Kier alpha value is -3.74. The number of rotatable bonds is 8. The number of halogens is 1. The van der Waals surface area contributed by atoms with Gasteiger partial charge in [0.05, 0.1) is 18.0 Å². The number of tetrazole rings is 1. The van der Waals surface area contributed by atoms with Gasteiger partial charge in [-0.2, -0.15) is 4.68 Å². The number of hydrogen-bond acceptors (Lipinski definition) is 9. The molecule has 3 aromatic rings. The molecule has 1 aromatic carbocycles. The topological polar surface area (TPSA) is 155 Å². The highest BCUT2D eigenvalue weighted by atomic mass is 32.2. The number of esters is 1. The summed E-state index contributed by atoms with van der Waals surface area (Å²) in [5, 5.41) is 13.8. The lowest BCUT2D eigenvalue weighted by atomic mass is 10.1. The summed E-state index contributed by atoms with van der Waals surface area (Å²) in [6.07, 6.45) is 0. The second-order valence-electron chi connectivity index (χ2n) is 6.01. The predicted octanol–water partition coefficient (Wildman–Crippen LogP) is 1.71. The number of anilines is 1. The number of carbonyl (C=O) groups excluding carboxylic acids is 3. The molecular weight excluding hydrogens is 431 g/mol. The van der Waals surface area contributed by atoms with Crippen molar-refractivity contribution < 1.29 is 27.9 Å². The van der Waals surface area contributed by atoms with Crippen LogP contribution in [0.25, 0.3) is 5.69 Å². The normalized spacial score (nSPS) is 10.7. The minimum Gasteiger partial charge on any atom is -0.462 e. The number of aryl methyl sites for hydroxylation is 1. The van der Waals surface area contributed by atoms with Gasteiger partial charge in [0.15, 0.2) is 0 Å². The van der Waals surface area contributed by atoms with Crippen LogP contribution in [0.2, 0.25) is 0 Å². The Kier molecular flexibility index (Phi) is 6.65. The van der Waals surface area contributed by atoms with Crippen LogP contribution in [0.3, 0.4) is 0 Å². The number of hydrogen-bond donors (Lipinski definition) is 2. The highest BCUT2D eigenvalue weighted by Gasteiger charge is 2.29. The summed E-state index contributed by atoms with van der Waals surface area (Å²) in [4.78, 5) is 36.4. The van der Waals surface area contributed by atoms with E-state index in [1.165, 1.54) is 29.8 Å². The van der Waals surface area contributed by atoms with E-state index in [0.717, 1.165) is 11.8 Å². The average Bonchev–Trinajstić information content (AvgIpc) is 3.30. The van der Waals surface area contributed by atoms with Crippen LogP contribution < -0.4 is 11.1 Å². The van der Waals surface area contributed by atoms with Crippen LogP contribution in [-0.4, -0.2) is 50.4 Å². The standard InChI is InChI=1S/C18H17FN6O5S/c1-3-29-17(28)13-9(2)30-16(14(13)15(20)27)21-12(26)8-31-18-22-23-24-25(18)11-6-4-5-10(19)7-11/h4-7H,3,8H2,1-2H3,(H2,20,27)(H,21,26). The Morgan fingerprint density at radius 2 is 2.10 bits per heavy atom. The molecule has 0 unspecified atom stereocenters. The van der Waals surface area contributed by atoms with Gasteiger partial charge in [-0.25, -0.2) is 9.18 Å². The predicted molar refractivity (Wildman–Crippen MR) is 106 cm³/mol. The van der Waals surface area contributed by atoms with Gasteiger partial charge < -0.3 is 14.9 Å². The lowest BCUT2D eigenvalue weighted by Crippen LogP contribution is -2.21. The fourth-order valence-corrected chi connectivity index (χ4v) is 3.34. The maximum atomic E-state index is 13.5. The van der Waals surface area contributed by atoms with E-state index in [4.69, 9.17) is 14.9 Å². The average molecular weight is 448 g/mol. The van der Waals surface area contributed by atoms with Crippen molar-refractivity contribution in [2.24, 2.45) is 5.73 Å². The van der Waals surface area contributed by atoms with Gasteiger partial charge in [0.2, 0.25) is 16.9 Å². The highest BCUT2D eigenvalue weighted by Crippen LogP contribution is 2.28. The second-order valence-corrected chi connectivity index (χ2v) is 6.95. The molecule has 11 nitrogen and oxygen atoms in total. The number of nitrogens with one attached hydrogen (secondary N) is 1. The molecule has 0 atom stereocenters. The summed E-state index contributed by atoms with van der Waals surface area (Å²) >= 11 is 0.964. The first-order chi connectivity index (χ1) is 14.8. The number of carbonyl (C=O) groups is 3. The van der Waals surface area contributed by atoms with E-state index in [1.54, 1.807) is 13.0 Å². The summed E-state index contributed by atoms with van der Waals surface area (Å²) in [5.74, 6) is -3.16. The molecule has 0 aliphatic carbocycles. The number of nitrogens with two attached hydrogens (primary N) is 1. The Balaban J connectivity index is 1.74. The summed E-state index contributed by atoms with van der Waals surface area (Å²) in [6.45, 7) is 3.13. The zero-order valence-corrected chi connectivity index (χ0v) is 17.2. The number of primary amides is 1. The van der Waals surface area contributed by atoms with Crippen LogP contribution >= 0.6 is 11.8 Å². The van der Waals surface area contributed by atoms with Crippen molar-refractivity contribution in [2.75, 3.05) is 17.7 Å². The minimum atomic E-state index is -0.960. The van der Waals surface area contributed by atoms with E-state index >= 15 is 0 Å². The molecule has 2 aromatic heterocycles. The summed E-state index contributed by atoms with van der Waals surface area (Å²) < 4.78 is 25.0. The van der Waals surface area contributed by atoms with Gasteiger partial charge in [-0.05, 0) is 42.5 Å². The summed E-state index contributed by atoms with van der Waals surface area (Å²) in [7, 11) is 0. The van der Waals surface area contributed by atoms with Crippen LogP contribution in [0, 0.1) is 12.7 Å². The molecule has 0 saturated carbocycles. The monoisotopic (exact) mass is 448 g/mol. The van der Waals surface area contributed by atoms with Crippen LogP contribution in [0.5, 0.6) is 0 Å². The van der Waals surface area contributed by atoms with Crippen molar-refractivity contribution in [3.8, 4) is 5.69 Å². The Labute approximate surface area is 179 Å². The first kappa shape index (κ1) is 22.0. The number of aromatic nitrogens is 4. The Morgan fingerprint density at radius 3 is 2.77 bits per heavy atom. The van der Waals surface area contributed by atoms with Gasteiger partial charge in [-0.3, -0.25) is 14.9 Å². The molecule has 0 bridgehead atoms. The fraction of sp³-hybridized carbons (Fsp3) is 0.222. The molecule has 2 amide bonds. The van der Waals surface area contributed by atoms with Crippen molar-refractivity contribution >= 4 is 35.4 Å². The maximum Gasteiger partial charge on any atom is 0.342 e. The molecule has 2 heterocycles. The third kappa shape index (κ3) is 4.88. The van der Waals surface area contributed by atoms with E-state index < -0.39 is 23.6 Å². The number of amides is 2. The van der Waals surface area contributed by atoms with E-state index in [2.05, 4.69) is 20.8 Å². The van der Waals surface area contributed by atoms with Crippen molar-refractivity contribution in [2.45, 2.75) is 19.0 Å². The van der Waals surface area contributed by atoms with Crippen molar-refractivity contribution in [1.29, 1.82) is 0 Å². The summed E-state index contributed by atoms with van der Waals surface area (Å²) in [6, 6.07) is 5.62. The number of benzene rings is 1. The largest absolute Gasteiger partial charge is 0.462 e. The zero-order chi connectivity index (χ0) is 22.5. The summed E-state index contributed by atoms with van der Waals surface area (Å²) in [5.41, 5.74) is 5.32. The van der Waals surface area contributed by atoms with Gasteiger partial charge in [-0.15, -0.1) is 5.10 Å². The van der Waals surface area contributed by atoms with E-state index in [0.29, 0.717) is 5.69 Å². The van der Waals surface area contributed by atoms with Crippen molar-refractivity contribution in [3.63, 3.8) is 0 Å². The van der Waals surface area contributed by atoms with Gasteiger partial charge in [0.1, 0.15) is 22.7 Å². The Bertz CT molecular complexity index is 1140. The lowest BCUT2D eigenvalue weighted by Gasteiger charge is -2.06. The fourth-order valence-electron chi connectivity index (χ4n) is 2.65. The van der Waals surface area contributed by atoms with Crippen LogP contribution in [0.1, 0.15) is 33.4 Å². The zero-order valence-electron chi connectivity index (χ0n) is 16.4. The van der Waals surface area contributed by atoms with Gasteiger partial charge in [-0.1, -0.05) is 17.8 Å². The van der Waals surface area contributed by atoms with Gasteiger partial charge >= 0.3 is 5.97 Å². The first-order valence-electron chi connectivity index (χ1n) is 8.89. The molecule has 0 fully saturated rings. The maximum absolute atomic E-state index is 13.5. The molecule has 0 aliphatic rings. The number of thioether (sulfide) groups is 1. The van der Waals surface area contributed by atoms with Gasteiger partial charge in [0, 0.05) is 0 Å². The van der Waals surface area contributed by atoms with E-state index in [-0.39, 0.29) is 40.3 Å². The molecule has 0 aliphatic heterocycles. The third-order valence-corrected chi connectivity index (χ3v) is 4.81. The minimum absolute atomic E-state index is 0.0743. The number of furan rings is 1. The smallest absolute Gasteiger partial charge is 0.342 e. The molecule has 3 rings (SSSR count). The number of ether oxygens (including phenoxy) is 1. The van der Waals surface area contributed by atoms with Crippen molar-refractivity contribution in [1.82, 2.24) is 20.2 Å². The molecule has 0 saturated heterocycles. The lowest BCUT2D eigenvalue weighted by molar-refractivity contribution is -0.113. The van der Waals surface area contributed by atoms with Crippen molar-refractivity contribution in [3.05, 3.63) is 47.0 Å². The van der Waals surface area contributed by atoms with Crippen LogP contribution in [-0.2, 0) is 9.53 Å². The molecule has 13 heteroatoms.